The van der Waals surface area contributed by atoms with Crippen LogP contribution < -0.4 is 0 Å². The summed E-state index contributed by atoms with van der Waals surface area (Å²) in [7, 11) is 0. The van der Waals surface area contributed by atoms with E-state index in [-0.39, 0.29) is 5.91 Å². The molecule has 1 atom stereocenters. The number of amides is 1. The molecule has 1 amide bonds. The quantitative estimate of drug-likeness (QED) is 0.501. The lowest BCUT2D eigenvalue weighted by molar-refractivity contribution is -0.0367. The van der Waals surface area contributed by atoms with Gasteiger partial charge >= 0.3 is 0 Å². The topological polar surface area (TPSA) is 99.2 Å². The summed E-state index contributed by atoms with van der Waals surface area (Å²) in [5.74, 6) is 0.759. The smallest absolute Gasteiger partial charge is 0.257 e. The summed E-state index contributed by atoms with van der Waals surface area (Å²) >= 11 is 0. The summed E-state index contributed by atoms with van der Waals surface area (Å²) in [5, 5.41) is 4.03. The number of hydrogen-bond donors (Lipinski definition) is 0. The van der Waals surface area contributed by atoms with Crippen LogP contribution in [0.4, 0.5) is 0 Å². The molecular weight excluding hydrogens is 396 g/mol. The van der Waals surface area contributed by atoms with Crippen LogP contribution in [0, 0.1) is 0 Å². The largest absolute Gasteiger partial charge is 0.365 e. The molecule has 1 aliphatic rings. The number of pyridine rings is 1. The molecule has 9 nitrogen and oxygen atoms in total. The van der Waals surface area contributed by atoms with Gasteiger partial charge in [0.2, 0.25) is 5.82 Å². The van der Waals surface area contributed by atoms with Gasteiger partial charge in [0, 0.05) is 36.1 Å². The van der Waals surface area contributed by atoms with Crippen molar-refractivity contribution in [3.05, 3.63) is 60.5 Å². The van der Waals surface area contributed by atoms with Crippen LogP contribution in [0.15, 0.2) is 53.6 Å². The lowest BCUT2D eigenvalue weighted by Gasteiger charge is -2.31. The van der Waals surface area contributed by atoms with Gasteiger partial charge in [-0.1, -0.05) is 5.16 Å². The zero-order valence-corrected chi connectivity index (χ0v) is 17.3. The number of carbonyl (C=O) groups is 1. The normalized spacial score (nSPS) is 16.9. The minimum Gasteiger partial charge on any atom is -0.365 e. The Hall–Kier alpha value is -3.59. The van der Waals surface area contributed by atoms with Crippen molar-refractivity contribution >= 4 is 16.9 Å². The van der Waals surface area contributed by atoms with Gasteiger partial charge in [-0.2, -0.15) is 4.98 Å². The minimum atomic E-state index is -0.468. The maximum absolute atomic E-state index is 13.1. The number of benzene rings is 1. The molecule has 9 heteroatoms. The number of nitrogens with zero attached hydrogens (tertiary/aromatic N) is 6. The number of hydrogen-bond acceptors (Lipinski definition) is 7. The molecule has 31 heavy (non-hydrogen) atoms. The van der Waals surface area contributed by atoms with Crippen LogP contribution in [0.5, 0.6) is 0 Å². The second-order valence-electron chi connectivity index (χ2n) is 7.75. The van der Waals surface area contributed by atoms with E-state index in [0.29, 0.717) is 43.0 Å². The molecule has 4 aromatic rings. The molecule has 0 aliphatic carbocycles. The molecule has 0 unspecified atom stereocenters. The van der Waals surface area contributed by atoms with Crippen molar-refractivity contribution in [2.75, 3.05) is 19.7 Å². The molecule has 3 aromatic heterocycles. The summed E-state index contributed by atoms with van der Waals surface area (Å²) < 4.78 is 13.3. The summed E-state index contributed by atoms with van der Waals surface area (Å²) in [6.45, 7) is 5.44. The van der Waals surface area contributed by atoms with Crippen LogP contribution in [0.2, 0.25) is 0 Å². The lowest BCUT2D eigenvalue weighted by atomic mass is 10.1. The molecule has 1 aliphatic heterocycles. The van der Waals surface area contributed by atoms with Crippen molar-refractivity contribution in [1.82, 2.24) is 29.6 Å². The van der Waals surface area contributed by atoms with Gasteiger partial charge in [-0.15, -0.1) is 0 Å². The average Bonchev–Trinajstić information content (AvgIpc) is 3.46. The first kappa shape index (κ1) is 19.4. The molecule has 0 bridgehead atoms. The van der Waals surface area contributed by atoms with Crippen molar-refractivity contribution in [1.29, 1.82) is 0 Å². The second kappa shape index (κ2) is 7.92. The van der Waals surface area contributed by atoms with Gasteiger partial charge in [-0.25, -0.2) is 4.98 Å². The number of ether oxygens (including phenoxy) is 1. The van der Waals surface area contributed by atoms with Gasteiger partial charge in [-0.3, -0.25) is 9.78 Å². The van der Waals surface area contributed by atoms with Crippen molar-refractivity contribution in [2.45, 2.75) is 26.0 Å². The third-order valence-electron chi connectivity index (χ3n) is 5.39. The third-order valence-corrected chi connectivity index (χ3v) is 5.39. The van der Waals surface area contributed by atoms with Gasteiger partial charge in [0.05, 0.1) is 30.5 Å². The average molecular weight is 418 g/mol. The fourth-order valence-corrected chi connectivity index (χ4v) is 3.73. The first-order chi connectivity index (χ1) is 15.1. The molecule has 158 valence electrons. The molecule has 0 radical (unpaired) electrons. The Morgan fingerprint density at radius 2 is 2.03 bits per heavy atom. The van der Waals surface area contributed by atoms with E-state index in [4.69, 9.17) is 9.26 Å². The zero-order valence-electron chi connectivity index (χ0n) is 17.3. The standard InChI is InChI=1S/C22H22N6O3/c1-14(2)28-13-24-17-11-16(3-4-18(17)28)22(29)27-9-10-30-19(12-27)21-25-20(26-31-21)15-5-7-23-8-6-15/h3-8,11,13-14,19H,9-10,12H2,1-2H3/t19-/m1/s1. The van der Waals surface area contributed by atoms with Crippen LogP contribution in [-0.2, 0) is 4.74 Å². The van der Waals surface area contributed by atoms with Crippen molar-refractivity contribution in [2.24, 2.45) is 0 Å². The van der Waals surface area contributed by atoms with Crippen molar-refractivity contribution in [3.63, 3.8) is 0 Å². The highest BCUT2D eigenvalue weighted by Crippen LogP contribution is 2.25. The van der Waals surface area contributed by atoms with Crippen LogP contribution in [0.3, 0.4) is 0 Å². The molecule has 0 N–H and O–H groups in total. The third kappa shape index (κ3) is 3.68. The fourth-order valence-electron chi connectivity index (χ4n) is 3.73. The SMILES string of the molecule is CC(C)n1cnc2cc(C(=O)N3CCO[C@@H](c4nc(-c5ccncc5)no4)C3)ccc21. The Morgan fingerprint density at radius 3 is 2.84 bits per heavy atom. The summed E-state index contributed by atoms with van der Waals surface area (Å²) in [5.41, 5.74) is 3.23. The van der Waals surface area contributed by atoms with E-state index in [1.165, 1.54) is 0 Å². The molecule has 0 spiro atoms. The molecule has 0 saturated carbocycles. The van der Waals surface area contributed by atoms with Gasteiger partial charge in [0.15, 0.2) is 6.10 Å². The Balaban J connectivity index is 1.34. The zero-order chi connectivity index (χ0) is 21.4. The van der Waals surface area contributed by atoms with Crippen LogP contribution in [0.1, 0.15) is 42.2 Å². The van der Waals surface area contributed by atoms with Gasteiger partial charge in [0.1, 0.15) is 0 Å². The van der Waals surface area contributed by atoms with Crippen molar-refractivity contribution in [3.8, 4) is 11.4 Å². The number of carbonyl (C=O) groups excluding carboxylic acids is 1. The van der Waals surface area contributed by atoms with Gasteiger partial charge in [-0.05, 0) is 44.2 Å². The first-order valence-corrected chi connectivity index (χ1v) is 10.2. The molecule has 1 saturated heterocycles. The maximum Gasteiger partial charge on any atom is 0.257 e. The second-order valence-corrected chi connectivity index (χ2v) is 7.75. The highest BCUT2D eigenvalue weighted by atomic mass is 16.5. The van der Waals surface area contributed by atoms with Crippen LogP contribution in [-0.4, -0.2) is 55.2 Å². The molecule has 4 heterocycles. The van der Waals surface area contributed by atoms with E-state index in [0.717, 1.165) is 16.6 Å². The molecule has 5 rings (SSSR count). The van der Waals surface area contributed by atoms with E-state index in [1.54, 1.807) is 17.3 Å². The predicted octanol–water partition coefficient (Wildman–Crippen LogP) is 3.28. The van der Waals surface area contributed by atoms with E-state index in [1.807, 2.05) is 36.7 Å². The molecule has 1 aromatic carbocycles. The first-order valence-electron chi connectivity index (χ1n) is 10.2. The molecule has 1 fully saturated rings. The number of rotatable bonds is 4. The maximum atomic E-state index is 13.1. The fraction of sp³-hybridized carbons (Fsp3) is 0.318. The summed E-state index contributed by atoms with van der Waals surface area (Å²) in [6.07, 6.45) is 4.68. The van der Waals surface area contributed by atoms with E-state index < -0.39 is 6.10 Å². The van der Waals surface area contributed by atoms with Crippen LogP contribution >= 0.6 is 0 Å². The predicted molar refractivity (Wildman–Crippen MR) is 112 cm³/mol. The minimum absolute atomic E-state index is 0.0665. The highest BCUT2D eigenvalue weighted by Gasteiger charge is 2.30. The van der Waals surface area contributed by atoms with E-state index >= 15 is 0 Å². The van der Waals surface area contributed by atoms with Gasteiger partial charge < -0.3 is 18.7 Å². The van der Waals surface area contributed by atoms with E-state index in [2.05, 4.69) is 38.5 Å². The molecular formula is C22H22N6O3. The number of fused-ring (bicyclic) bond motifs is 1. The van der Waals surface area contributed by atoms with Crippen molar-refractivity contribution < 1.29 is 14.1 Å². The Labute approximate surface area is 178 Å². The van der Waals surface area contributed by atoms with Crippen LogP contribution in [0.25, 0.3) is 22.4 Å². The number of aromatic nitrogens is 5. The Morgan fingerprint density at radius 1 is 1.19 bits per heavy atom. The monoisotopic (exact) mass is 418 g/mol. The van der Waals surface area contributed by atoms with Gasteiger partial charge in [0.25, 0.3) is 11.8 Å². The Kier molecular flexibility index (Phi) is 4.95. The lowest BCUT2D eigenvalue weighted by Crippen LogP contribution is -2.42. The summed E-state index contributed by atoms with van der Waals surface area (Å²) in [6, 6.07) is 9.57. The Bertz CT molecular complexity index is 1220. The highest BCUT2D eigenvalue weighted by molar-refractivity contribution is 5.97. The number of imidazole rings is 1. The summed E-state index contributed by atoms with van der Waals surface area (Å²) in [4.78, 5) is 27.8. The number of morpholine rings is 1. The van der Waals surface area contributed by atoms with E-state index in [9.17, 15) is 4.79 Å².